The van der Waals surface area contributed by atoms with Crippen molar-refractivity contribution in [2.75, 3.05) is 6.54 Å². The van der Waals surface area contributed by atoms with Crippen molar-refractivity contribution in [3.8, 4) is 0 Å². The molecule has 19 heavy (non-hydrogen) atoms. The van der Waals surface area contributed by atoms with E-state index < -0.39 is 5.97 Å². The van der Waals surface area contributed by atoms with Crippen LogP contribution in [0.5, 0.6) is 0 Å². The number of carboxylic acid groups (broad SMARTS) is 1. The number of aromatic nitrogens is 1. The minimum atomic E-state index is -0.799. The van der Waals surface area contributed by atoms with E-state index in [-0.39, 0.29) is 24.3 Å². The van der Waals surface area contributed by atoms with Gasteiger partial charge in [0.1, 0.15) is 5.69 Å². The molecule has 1 aromatic rings. The van der Waals surface area contributed by atoms with Crippen molar-refractivity contribution in [3.63, 3.8) is 0 Å². The van der Waals surface area contributed by atoms with E-state index in [1.54, 1.807) is 6.07 Å². The number of nitrogens with zero attached hydrogens (tertiary/aromatic N) is 1. The number of carboxylic acids is 1. The van der Waals surface area contributed by atoms with E-state index in [0.29, 0.717) is 18.7 Å². The molecule has 106 valence electrons. The molecule has 1 rings (SSSR count). The van der Waals surface area contributed by atoms with Gasteiger partial charge in [-0.05, 0) is 38.3 Å². The number of carbonyl (C=O) groups excluding carboxylic acids is 1. The van der Waals surface area contributed by atoms with Gasteiger partial charge in [-0.2, -0.15) is 0 Å². The largest absolute Gasteiger partial charge is 0.481 e. The van der Waals surface area contributed by atoms with Crippen LogP contribution in [0.2, 0.25) is 0 Å². The first-order valence-electron chi connectivity index (χ1n) is 6.58. The van der Waals surface area contributed by atoms with Gasteiger partial charge in [0.2, 0.25) is 0 Å². The molecule has 0 aliphatic carbocycles. The van der Waals surface area contributed by atoms with Crippen LogP contribution in [0.4, 0.5) is 0 Å². The van der Waals surface area contributed by atoms with Crippen molar-refractivity contribution in [1.29, 1.82) is 0 Å². The van der Waals surface area contributed by atoms with Gasteiger partial charge in [-0.3, -0.25) is 9.59 Å². The summed E-state index contributed by atoms with van der Waals surface area (Å²) >= 11 is 0. The lowest BCUT2D eigenvalue weighted by Crippen LogP contribution is -2.30. The van der Waals surface area contributed by atoms with E-state index in [0.717, 1.165) is 0 Å². The fourth-order valence-corrected chi connectivity index (χ4v) is 1.87. The molecule has 0 fully saturated rings. The molecule has 0 saturated carbocycles. The van der Waals surface area contributed by atoms with E-state index in [1.807, 2.05) is 37.6 Å². The zero-order chi connectivity index (χ0) is 14.4. The number of amides is 1. The van der Waals surface area contributed by atoms with Gasteiger partial charge in [-0.25, -0.2) is 0 Å². The highest BCUT2D eigenvalue weighted by Crippen LogP contribution is 2.11. The summed E-state index contributed by atoms with van der Waals surface area (Å²) in [7, 11) is 0. The smallest absolute Gasteiger partial charge is 0.303 e. The van der Waals surface area contributed by atoms with Crippen LogP contribution in [0.3, 0.4) is 0 Å². The van der Waals surface area contributed by atoms with Crippen LogP contribution in [0.15, 0.2) is 18.3 Å². The lowest BCUT2D eigenvalue weighted by atomic mass is 10.1. The number of hydrogen-bond acceptors (Lipinski definition) is 2. The summed E-state index contributed by atoms with van der Waals surface area (Å²) in [6.45, 7) is 6.47. The Morgan fingerprint density at radius 2 is 2.05 bits per heavy atom. The van der Waals surface area contributed by atoms with Gasteiger partial charge in [-0.1, -0.05) is 6.92 Å². The van der Waals surface area contributed by atoms with Crippen LogP contribution in [-0.2, 0) is 4.79 Å². The van der Waals surface area contributed by atoms with E-state index in [9.17, 15) is 9.59 Å². The average molecular weight is 266 g/mol. The summed E-state index contributed by atoms with van der Waals surface area (Å²) in [5, 5.41) is 11.4. The van der Waals surface area contributed by atoms with Gasteiger partial charge in [0, 0.05) is 25.2 Å². The van der Waals surface area contributed by atoms with Crippen LogP contribution in [0.1, 0.15) is 50.1 Å². The second-order valence-electron chi connectivity index (χ2n) is 5.14. The highest BCUT2D eigenvalue weighted by molar-refractivity contribution is 5.92. The second-order valence-corrected chi connectivity index (χ2v) is 5.14. The van der Waals surface area contributed by atoms with Crippen LogP contribution >= 0.6 is 0 Å². The Balaban J connectivity index is 2.47. The predicted octanol–water partition coefficient (Wildman–Crippen LogP) is 2.30. The average Bonchev–Trinajstić information content (AvgIpc) is 2.82. The Morgan fingerprint density at radius 1 is 1.37 bits per heavy atom. The molecule has 1 aromatic heterocycles. The third-order valence-corrected chi connectivity index (χ3v) is 3.03. The topological polar surface area (TPSA) is 71.3 Å². The Labute approximate surface area is 113 Å². The monoisotopic (exact) mass is 266 g/mol. The van der Waals surface area contributed by atoms with Crippen molar-refractivity contribution in [3.05, 3.63) is 24.0 Å². The first-order chi connectivity index (χ1) is 8.91. The van der Waals surface area contributed by atoms with Crippen molar-refractivity contribution in [2.45, 2.75) is 39.7 Å². The van der Waals surface area contributed by atoms with Gasteiger partial charge in [0.15, 0.2) is 0 Å². The summed E-state index contributed by atoms with van der Waals surface area (Å²) in [5.41, 5.74) is 0.639. The summed E-state index contributed by atoms with van der Waals surface area (Å²) in [4.78, 5) is 22.5. The van der Waals surface area contributed by atoms with Gasteiger partial charge in [0.05, 0.1) is 0 Å². The van der Waals surface area contributed by atoms with Crippen molar-refractivity contribution in [2.24, 2.45) is 5.92 Å². The number of nitrogens with one attached hydrogen (secondary N) is 1. The van der Waals surface area contributed by atoms with Crippen LogP contribution in [-0.4, -0.2) is 28.1 Å². The van der Waals surface area contributed by atoms with E-state index >= 15 is 0 Å². The third kappa shape index (κ3) is 4.77. The lowest BCUT2D eigenvalue weighted by Gasteiger charge is -2.15. The zero-order valence-corrected chi connectivity index (χ0v) is 11.7. The van der Waals surface area contributed by atoms with Gasteiger partial charge in [-0.15, -0.1) is 0 Å². The van der Waals surface area contributed by atoms with Crippen molar-refractivity contribution >= 4 is 11.9 Å². The molecule has 0 aliphatic rings. The normalized spacial score (nSPS) is 12.4. The Bertz CT molecular complexity index is 438. The highest BCUT2D eigenvalue weighted by atomic mass is 16.4. The molecule has 0 aliphatic heterocycles. The number of hydrogen-bond donors (Lipinski definition) is 2. The first-order valence-corrected chi connectivity index (χ1v) is 6.58. The third-order valence-electron chi connectivity index (χ3n) is 3.03. The maximum atomic E-state index is 12.0. The Hall–Kier alpha value is -1.78. The molecular weight excluding hydrogens is 244 g/mol. The zero-order valence-electron chi connectivity index (χ0n) is 11.7. The lowest BCUT2D eigenvalue weighted by molar-refractivity contribution is -0.137. The second kappa shape index (κ2) is 6.97. The predicted molar refractivity (Wildman–Crippen MR) is 73.2 cm³/mol. The molecule has 1 heterocycles. The van der Waals surface area contributed by atoms with Gasteiger partial charge < -0.3 is 15.0 Å². The number of rotatable bonds is 7. The molecule has 1 amide bonds. The van der Waals surface area contributed by atoms with Crippen molar-refractivity contribution < 1.29 is 14.7 Å². The van der Waals surface area contributed by atoms with Crippen molar-refractivity contribution in [1.82, 2.24) is 9.88 Å². The summed E-state index contributed by atoms with van der Waals surface area (Å²) < 4.78 is 1.91. The Morgan fingerprint density at radius 3 is 2.63 bits per heavy atom. The first kappa shape index (κ1) is 15.3. The number of carbonyl (C=O) groups is 2. The molecule has 0 saturated heterocycles. The molecule has 5 heteroatoms. The molecule has 0 radical (unpaired) electrons. The summed E-state index contributed by atoms with van der Waals surface area (Å²) in [6, 6.07) is 3.88. The standard InChI is InChI=1S/C14H22N2O3/c1-10(2)16-8-4-5-12(16)14(19)15-9-11(3)6-7-13(17)18/h4-5,8,10-11H,6-7,9H2,1-3H3,(H,15,19)(H,17,18). The maximum Gasteiger partial charge on any atom is 0.303 e. The van der Waals surface area contributed by atoms with Crippen LogP contribution < -0.4 is 5.32 Å². The fraction of sp³-hybridized carbons (Fsp3) is 0.571. The number of aliphatic carboxylic acids is 1. The minimum Gasteiger partial charge on any atom is -0.481 e. The molecule has 1 unspecified atom stereocenters. The molecule has 5 nitrogen and oxygen atoms in total. The molecule has 0 bridgehead atoms. The SMILES string of the molecule is CC(CCC(=O)O)CNC(=O)c1cccn1C(C)C. The molecule has 0 aromatic carbocycles. The fourth-order valence-electron chi connectivity index (χ4n) is 1.87. The summed E-state index contributed by atoms with van der Waals surface area (Å²) in [6.07, 6.45) is 2.59. The van der Waals surface area contributed by atoms with Crippen LogP contribution in [0.25, 0.3) is 0 Å². The molecule has 0 spiro atoms. The van der Waals surface area contributed by atoms with E-state index in [4.69, 9.17) is 5.11 Å². The van der Waals surface area contributed by atoms with E-state index in [1.165, 1.54) is 0 Å². The maximum absolute atomic E-state index is 12.0. The molecule has 1 atom stereocenters. The quantitative estimate of drug-likeness (QED) is 0.795. The van der Waals surface area contributed by atoms with Gasteiger partial charge >= 0.3 is 5.97 Å². The van der Waals surface area contributed by atoms with Crippen LogP contribution in [0, 0.1) is 5.92 Å². The Kier molecular flexibility index (Phi) is 5.60. The highest BCUT2D eigenvalue weighted by Gasteiger charge is 2.13. The summed E-state index contributed by atoms with van der Waals surface area (Å²) in [5.74, 6) is -0.754. The van der Waals surface area contributed by atoms with E-state index in [2.05, 4.69) is 5.32 Å². The molecule has 2 N–H and O–H groups in total. The molecular formula is C14H22N2O3. The van der Waals surface area contributed by atoms with Gasteiger partial charge in [0.25, 0.3) is 5.91 Å². The minimum absolute atomic E-state index is 0.110.